The topological polar surface area (TPSA) is 86.4 Å². The molecule has 1 aliphatic heterocycles. The molecule has 1 saturated heterocycles. The quantitative estimate of drug-likeness (QED) is 0.811. The summed E-state index contributed by atoms with van der Waals surface area (Å²) in [6, 6.07) is 4.87. The van der Waals surface area contributed by atoms with Gasteiger partial charge in [0.1, 0.15) is 9.90 Å². The molecule has 0 unspecified atom stereocenters. The molecule has 2 aromatic heterocycles. The van der Waals surface area contributed by atoms with Crippen molar-refractivity contribution in [3.63, 3.8) is 0 Å². The molecule has 26 heavy (non-hydrogen) atoms. The number of carbonyl (C=O) groups excluding carboxylic acids is 1. The number of H-pyrrole nitrogens is 1. The number of amides is 1. The first-order chi connectivity index (χ1) is 12.3. The highest BCUT2D eigenvalue weighted by atomic mass is 35.5. The Balaban J connectivity index is 1.63. The van der Waals surface area contributed by atoms with E-state index in [-0.39, 0.29) is 23.2 Å². The van der Waals surface area contributed by atoms with Gasteiger partial charge in [0.15, 0.2) is 0 Å². The molecule has 0 radical (unpaired) electrons. The molecule has 1 N–H and O–H groups in total. The number of rotatable bonds is 5. The van der Waals surface area contributed by atoms with E-state index in [1.807, 2.05) is 0 Å². The van der Waals surface area contributed by atoms with Gasteiger partial charge in [0.25, 0.3) is 15.9 Å². The number of piperazine rings is 1. The number of aromatic amines is 1. The third kappa shape index (κ3) is 4.11. The predicted molar refractivity (Wildman–Crippen MR) is 101 cm³/mol. The van der Waals surface area contributed by atoms with Crippen molar-refractivity contribution in [2.24, 2.45) is 5.92 Å². The maximum Gasteiger partial charge on any atom is 0.274 e. The van der Waals surface area contributed by atoms with Crippen molar-refractivity contribution in [3.05, 3.63) is 33.9 Å². The van der Waals surface area contributed by atoms with Crippen LogP contribution in [0, 0.1) is 5.92 Å². The lowest BCUT2D eigenvalue weighted by Gasteiger charge is -2.33. The van der Waals surface area contributed by atoms with E-state index in [1.54, 1.807) is 17.0 Å². The van der Waals surface area contributed by atoms with E-state index in [1.165, 1.54) is 10.4 Å². The standard InChI is InChI=1S/C16H21ClN4O3S2/c1-11(2)9-12-10-13(19-18-12)16(22)20-5-7-21(8-6-20)26(23,24)15-4-3-14(17)25-15/h3-4,10-11H,5-9H2,1-2H3,(H,18,19). The molecule has 3 heterocycles. The first kappa shape index (κ1) is 19.3. The maximum absolute atomic E-state index is 12.6. The van der Waals surface area contributed by atoms with Gasteiger partial charge in [-0.15, -0.1) is 11.3 Å². The van der Waals surface area contributed by atoms with E-state index in [4.69, 9.17) is 11.6 Å². The van der Waals surface area contributed by atoms with Crippen LogP contribution in [0.1, 0.15) is 30.0 Å². The SMILES string of the molecule is CC(C)Cc1cc(C(=O)N2CCN(S(=O)(=O)c3ccc(Cl)s3)CC2)n[nH]1. The van der Waals surface area contributed by atoms with Gasteiger partial charge in [-0.1, -0.05) is 25.4 Å². The van der Waals surface area contributed by atoms with Crippen LogP contribution in [0.3, 0.4) is 0 Å². The van der Waals surface area contributed by atoms with Crippen molar-refractivity contribution in [1.82, 2.24) is 19.4 Å². The molecular formula is C16H21ClN4O3S2. The average molecular weight is 417 g/mol. The van der Waals surface area contributed by atoms with Gasteiger partial charge in [0, 0.05) is 31.9 Å². The maximum atomic E-state index is 12.6. The van der Waals surface area contributed by atoms with Crippen molar-refractivity contribution < 1.29 is 13.2 Å². The highest BCUT2D eigenvalue weighted by Gasteiger charge is 2.32. The van der Waals surface area contributed by atoms with Gasteiger partial charge in [-0.2, -0.15) is 9.40 Å². The van der Waals surface area contributed by atoms with Crippen molar-refractivity contribution in [2.75, 3.05) is 26.2 Å². The Kier molecular flexibility index (Phi) is 5.71. The van der Waals surface area contributed by atoms with Gasteiger partial charge in [0.2, 0.25) is 0 Å². The van der Waals surface area contributed by atoms with Crippen LogP contribution < -0.4 is 0 Å². The van der Waals surface area contributed by atoms with Crippen LogP contribution in [0.25, 0.3) is 0 Å². The molecule has 3 rings (SSSR count). The number of carbonyl (C=O) groups is 1. The Hall–Kier alpha value is -1.42. The minimum absolute atomic E-state index is 0.174. The normalized spacial score (nSPS) is 16.4. The number of nitrogens with zero attached hydrogens (tertiary/aromatic N) is 3. The fourth-order valence-electron chi connectivity index (χ4n) is 2.87. The molecule has 1 amide bonds. The Labute approximate surface area is 162 Å². The van der Waals surface area contributed by atoms with Crippen LogP contribution in [0.15, 0.2) is 22.4 Å². The smallest absolute Gasteiger partial charge is 0.274 e. The largest absolute Gasteiger partial charge is 0.335 e. The molecule has 7 nitrogen and oxygen atoms in total. The lowest BCUT2D eigenvalue weighted by atomic mass is 10.1. The Morgan fingerprint density at radius 1 is 1.31 bits per heavy atom. The number of sulfonamides is 1. The summed E-state index contributed by atoms with van der Waals surface area (Å²) in [5, 5.41) is 7.00. The Bertz CT molecular complexity index is 883. The summed E-state index contributed by atoms with van der Waals surface area (Å²) < 4.78 is 27.3. The summed E-state index contributed by atoms with van der Waals surface area (Å²) in [6.45, 7) is 5.39. The van der Waals surface area contributed by atoms with Gasteiger partial charge >= 0.3 is 0 Å². The second-order valence-electron chi connectivity index (χ2n) is 6.63. The molecule has 0 aromatic carbocycles. The number of thiophene rings is 1. The van der Waals surface area contributed by atoms with Crippen LogP contribution in [-0.4, -0.2) is 59.9 Å². The summed E-state index contributed by atoms with van der Waals surface area (Å²) in [7, 11) is -3.56. The van der Waals surface area contributed by atoms with E-state index < -0.39 is 10.0 Å². The summed E-state index contributed by atoms with van der Waals surface area (Å²) >= 11 is 6.88. The molecule has 142 valence electrons. The van der Waals surface area contributed by atoms with Crippen molar-refractivity contribution in [2.45, 2.75) is 24.5 Å². The molecule has 1 fully saturated rings. The molecule has 10 heteroatoms. The fourth-order valence-corrected chi connectivity index (χ4v) is 5.93. The van der Waals surface area contributed by atoms with E-state index in [0.717, 1.165) is 23.5 Å². The number of hydrogen-bond acceptors (Lipinski definition) is 5. The third-order valence-corrected chi connectivity index (χ3v) is 7.74. The van der Waals surface area contributed by atoms with Crippen molar-refractivity contribution >= 4 is 38.9 Å². The zero-order chi connectivity index (χ0) is 18.9. The summed E-state index contributed by atoms with van der Waals surface area (Å²) in [4.78, 5) is 14.2. The van der Waals surface area contributed by atoms with Crippen molar-refractivity contribution in [1.29, 1.82) is 0 Å². The summed E-state index contributed by atoms with van der Waals surface area (Å²) in [6.07, 6.45) is 0.829. The second-order valence-corrected chi connectivity index (χ2v) is 10.5. The van der Waals surface area contributed by atoms with E-state index >= 15 is 0 Å². The van der Waals surface area contributed by atoms with Crippen molar-refractivity contribution in [3.8, 4) is 0 Å². The third-order valence-electron chi connectivity index (χ3n) is 4.15. The molecule has 0 saturated carbocycles. The van der Waals surface area contributed by atoms with Crippen LogP contribution >= 0.6 is 22.9 Å². The molecule has 0 bridgehead atoms. The first-order valence-electron chi connectivity index (χ1n) is 8.36. The Morgan fingerprint density at radius 3 is 2.58 bits per heavy atom. The lowest BCUT2D eigenvalue weighted by molar-refractivity contribution is 0.0692. The Morgan fingerprint density at radius 2 is 2.00 bits per heavy atom. The highest BCUT2D eigenvalue weighted by molar-refractivity contribution is 7.91. The van der Waals surface area contributed by atoms with E-state index in [9.17, 15) is 13.2 Å². The zero-order valence-corrected chi connectivity index (χ0v) is 17.0. The molecular weight excluding hydrogens is 396 g/mol. The number of aromatic nitrogens is 2. The van der Waals surface area contributed by atoms with Gasteiger partial charge < -0.3 is 4.90 Å². The summed E-state index contributed by atoms with van der Waals surface area (Å²) in [5.41, 5.74) is 1.31. The minimum atomic E-state index is -3.56. The molecule has 1 aliphatic rings. The fraction of sp³-hybridized carbons (Fsp3) is 0.500. The predicted octanol–water partition coefficient (Wildman–Crippen LogP) is 2.47. The van der Waals surface area contributed by atoms with Crippen LogP contribution in [0.4, 0.5) is 0 Å². The first-order valence-corrected chi connectivity index (χ1v) is 11.0. The zero-order valence-electron chi connectivity index (χ0n) is 14.6. The average Bonchev–Trinajstić information content (AvgIpc) is 3.23. The molecule has 0 atom stereocenters. The molecule has 2 aromatic rings. The highest BCUT2D eigenvalue weighted by Crippen LogP contribution is 2.28. The monoisotopic (exact) mass is 416 g/mol. The molecule has 0 spiro atoms. The second kappa shape index (κ2) is 7.67. The van der Waals surface area contributed by atoms with E-state index in [0.29, 0.717) is 29.0 Å². The molecule has 0 aliphatic carbocycles. The lowest BCUT2D eigenvalue weighted by Crippen LogP contribution is -2.50. The number of halogens is 1. The van der Waals surface area contributed by atoms with E-state index in [2.05, 4.69) is 24.0 Å². The van der Waals surface area contributed by atoms with Gasteiger partial charge in [-0.3, -0.25) is 9.89 Å². The van der Waals surface area contributed by atoms with Crippen LogP contribution in [0.5, 0.6) is 0 Å². The minimum Gasteiger partial charge on any atom is -0.335 e. The van der Waals surface area contributed by atoms with Crippen LogP contribution in [0.2, 0.25) is 4.34 Å². The van der Waals surface area contributed by atoms with Gasteiger partial charge in [0.05, 0.1) is 4.34 Å². The number of nitrogens with one attached hydrogen (secondary N) is 1. The number of hydrogen-bond donors (Lipinski definition) is 1. The summed E-state index contributed by atoms with van der Waals surface area (Å²) in [5.74, 6) is 0.297. The van der Waals surface area contributed by atoms with Gasteiger partial charge in [-0.25, -0.2) is 8.42 Å². The van der Waals surface area contributed by atoms with Gasteiger partial charge in [-0.05, 0) is 30.5 Å². The van der Waals surface area contributed by atoms with Crippen LogP contribution in [-0.2, 0) is 16.4 Å².